The Hall–Kier alpha value is -5.42. The molecular weight excluding hydrogens is 685 g/mol. The van der Waals surface area contributed by atoms with E-state index in [1.807, 2.05) is 0 Å². The summed E-state index contributed by atoms with van der Waals surface area (Å²) in [4.78, 5) is 0. The van der Waals surface area contributed by atoms with Gasteiger partial charge in [-0.3, -0.25) is 0 Å². The van der Waals surface area contributed by atoms with Crippen LogP contribution in [0.15, 0.2) is 54.6 Å². The minimum absolute atomic E-state index is 0.114. The molecule has 0 aliphatic rings. The molecule has 0 aromatic heterocycles. The number of hydrogen-bond acceptors (Lipinski definition) is 0. The van der Waals surface area contributed by atoms with E-state index in [-0.39, 0.29) is 32.5 Å². The van der Waals surface area contributed by atoms with Crippen molar-refractivity contribution in [1.82, 2.24) is 0 Å². The van der Waals surface area contributed by atoms with Crippen LogP contribution in [0, 0.1) is 83.4 Å². The molecule has 0 fully saturated rings. The quantitative estimate of drug-likeness (QED) is 0.185. The second kappa shape index (κ2) is 17.0. The van der Waals surface area contributed by atoms with Crippen LogP contribution in [0.1, 0.15) is 175 Å². The molecule has 0 spiro atoms. The van der Waals surface area contributed by atoms with Crippen molar-refractivity contribution in [3.63, 3.8) is 0 Å². The summed E-state index contributed by atoms with van der Waals surface area (Å²) in [5.41, 5.74) is 9.42. The van der Waals surface area contributed by atoms with Crippen LogP contribution in [0.5, 0.6) is 0 Å². The molecule has 0 unspecified atom stereocenters. The van der Waals surface area contributed by atoms with Crippen molar-refractivity contribution in [1.29, 1.82) is 0 Å². The summed E-state index contributed by atoms with van der Waals surface area (Å²) in [6, 6.07) is 21.6. The maximum atomic E-state index is 5.14. The lowest BCUT2D eigenvalue weighted by molar-refractivity contribution is 0.558. The van der Waals surface area contributed by atoms with Gasteiger partial charge in [0.1, 0.15) is 5.41 Å². The molecule has 0 heterocycles. The molecule has 0 aliphatic carbocycles. The van der Waals surface area contributed by atoms with Crippen LogP contribution in [0.4, 0.5) is 0 Å². The largest absolute Gasteiger partial charge is 0.107 e. The molecule has 0 bridgehead atoms. The third-order valence-corrected chi connectivity index (χ3v) is 10.2. The Labute approximate surface area is 349 Å². The normalized spacial score (nSPS) is 11.9. The Balaban J connectivity index is 2.77. The second-order valence-electron chi connectivity index (χ2n) is 21.3. The fraction of sp³-hybridized carbons (Fsp3) is 0.439. The molecule has 3 aromatic rings. The van der Waals surface area contributed by atoms with Crippen LogP contribution in [-0.2, 0) is 37.9 Å². The number of rotatable bonds is 3. The molecule has 3 rings (SSSR count). The fourth-order valence-corrected chi connectivity index (χ4v) is 6.29. The number of benzene rings is 3. The molecule has 0 atom stereocenters. The van der Waals surface area contributed by atoms with E-state index >= 15 is 0 Å². The van der Waals surface area contributed by atoms with E-state index in [1.165, 1.54) is 33.4 Å². The van der Waals surface area contributed by atoms with Crippen LogP contribution < -0.4 is 0 Å². The van der Waals surface area contributed by atoms with Crippen LogP contribution in [0.25, 0.3) is 0 Å². The van der Waals surface area contributed by atoms with E-state index in [1.54, 1.807) is 0 Å². The van der Waals surface area contributed by atoms with Crippen molar-refractivity contribution in [3.8, 4) is 83.4 Å². The molecule has 3 aromatic carbocycles. The zero-order valence-corrected chi connectivity index (χ0v) is 38.3. The minimum atomic E-state index is -0.916. The lowest BCUT2D eigenvalue weighted by Crippen LogP contribution is -2.32. The van der Waals surface area contributed by atoms with Gasteiger partial charge < -0.3 is 0 Å². The average molecular weight is 749 g/mol. The van der Waals surface area contributed by atoms with Gasteiger partial charge in [0.2, 0.25) is 0 Å². The van der Waals surface area contributed by atoms with Gasteiger partial charge in [0.25, 0.3) is 0 Å². The summed E-state index contributed by atoms with van der Waals surface area (Å²) >= 11 is 0. The van der Waals surface area contributed by atoms with Crippen molar-refractivity contribution >= 4 is 0 Å². The van der Waals surface area contributed by atoms with Gasteiger partial charge in [-0.25, -0.2) is 0 Å². The highest BCUT2D eigenvalue weighted by Crippen LogP contribution is 2.47. The number of hydrogen-bond donors (Lipinski definition) is 0. The first-order valence-corrected chi connectivity index (χ1v) is 20.0. The lowest BCUT2D eigenvalue weighted by Gasteiger charge is -2.38. The fourth-order valence-electron chi connectivity index (χ4n) is 6.29. The van der Waals surface area contributed by atoms with Crippen molar-refractivity contribution in [2.45, 2.75) is 163 Å². The number of terminal acetylenes is 1. The smallest absolute Gasteiger partial charge is 0.106 e. The first kappa shape index (κ1) is 46.0. The molecule has 292 valence electrons. The predicted molar refractivity (Wildman–Crippen MR) is 247 cm³/mol. The van der Waals surface area contributed by atoms with Gasteiger partial charge in [0.15, 0.2) is 0 Å². The zero-order valence-electron chi connectivity index (χ0n) is 38.3. The standard InChI is InChI=1S/C57H64/c1-20-21-22-23-24-25-26-27-28-29-30-31-32-57(48-36-42(51(2,3)4)33-43(37-48)52(5,6)7,49-38-44(53(8,9)10)34-45(39-49)54(11,12)13)50-40-46(55(14,15)16)35-47(41-50)56(17,18)19/h1,33-41H,2-19H3. The van der Waals surface area contributed by atoms with Gasteiger partial charge in [0, 0.05) is 0 Å². The maximum absolute atomic E-state index is 5.14. The lowest BCUT2D eigenvalue weighted by atomic mass is 9.64. The summed E-state index contributed by atoms with van der Waals surface area (Å²) in [7, 11) is 0. The third kappa shape index (κ3) is 12.0. The second-order valence-corrected chi connectivity index (χ2v) is 21.3. The summed E-state index contributed by atoms with van der Waals surface area (Å²) in [5, 5.41) is 0. The van der Waals surface area contributed by atoms with Crippen molar-refractivity contribution < 1.29 is 0 Å². The highest BCUT2D eigenvalue weighted by Gasteiger charge is 2.40. The zero-order chi connectivity index (χ0) is 43.3. The Morgan fingerprint density at radius 2 is 0.439 bits per heavy atom. The molecule has 0 saturated carbocycles. The summed E-state index contributed by atoms with van der Waals surface area (Å²) < 4.78 is 0. The molecule has 0 saturated heterocycles. The van der Waals surface area contributed by atoms with Gasteiger partial charge in [-0.05, 0) is 154 Å². The van der Waals surface area contributed by atoms with Crippen LogP contribution in [0.3, 0.4) is 0 Å². The molecule has 0 aliphatic heterocycles. The Morgan fingerprint density at radius 1 is 0.263 bits per heavy atom. The van der Waals surface area contributed by atoms with Gasteiger partial charge in [-0.2, -0.15) is 0 Å². The molecular formula is C57H64. The van der Waals surface area contributed by atoms with Crippen LogP contribution in [-0.4, -0.2) is 0 Å². The monoisotopic (exact) mass is 749 g/mol. The SMILES string of the molecule is C#CC#CC#CC#CC#CC#CC#CC(c1cc(C(C)(C)C)cc(C(C)(C)C)c1)(c1cc(C(C)(C)C)cc(C(C)(C)C)c1)c1cc(C(C)(C)C)cc(C(C)(C)C)c1. The molecule has 57 heavy (non-hydrogen) atoms. The van der Waals surface area contributed by atoms with Gasteiger partial charge in [-0.1, -0.05) is 185 Å². The highest BCUT2D eigenvalue weighted by atomic mass is 14.4. The van der Waals surface area contributed by atoms with Crippen LogP contribution in [0.2, 0.25) is 0 Å². The van der Waals surface area contributed by atoms with E-state index in [9.17, 15) is 0 Å². The van der Waals surface area contributed by atoms with E-state index in [0.717, 1.165) is 16.7 Å². The maximum Gasteiger partial charge on any atom is 0.107 e. The van der Waals surface area contributed by atoms with Crippen molar-refractivity contribution in [2.24, 2.45) is 0 Å². The van der Waals surface area contributed by atoms with Crippen LogP contribution >= 0.6 is 0 Å². The van der Waals surface area contributed by atoms with E-state index in [0.29, 0.717) is 0 Å². The molecule has 0 amide bonds. The molecule has 0 nitrogen and oxygen atoms in total. The van der Waals surface area contributed by atoms with E-state index < -0.39 is 5.41 Å². The molecule has 0 N–H and O–H groups in total. The van der Waals surface area contributed by atoms with E-state index in [4.69, 9.17) is 6.42 Å². The Bertz CT molecular complexity index is 2140. The average Bonchev–Trinajstić information content (AvgIpc) is 3.07. The summed E-state index contributed by atoms with van der Waals surface area (Å²) in [6.45, 7) is 41.3. The van der Waals surface area contributed by atoms with Gasteiger partial charge >= 0.3 is 0 Å². The van der Waals surface area contributed by atoms with Gasteiger partial charge in [-0.15, -0.1) is 6.42 Å². The predicted octanol–water partition coefficient (Wildman–Crippen LogP) is 12.5. The Morgan fingerprint density at radius 3 is 0.632 bits per heavy atom. The summed E-state index contributed by atoms with van der Waals surface area (Å²) in [5.74, 6) is 36.7. The molecule has 0 radical (unpaired) electrons. The highest BCUT2D eigenvalue weighted by molar-refractivity contribution is 5.64. The minimum Gasteiger partial charge on any atom is -0.106 e. The van der Waals surface area contributed by atoms with Crippen molar-refractivity contribution in [2.75, 3.05) is 0 Å². The molecule has 0 heteroatoms. The third-order valence-electron chi connectivity index (χ3n) is 10.2. The first-order valence-electron chi connectivity index (χ1n) is 20.0. The van der Waals surface area contributed by atoms with E-state index in [2.05, 4.69) is 256 Å². The topological polar surface area (TPSA) is 0 Å². The Kier molecular flexibility index (Phi) is 13.7. The van der Waals surface area contributed by atoms with Crippen molar-refractivity contribution in [3.05, 3.63) is 105 Å². The van der Waals surface area contributed by atoms with Gasteiger partial charge in [0.05, 0.1) is 0 Å². The first-order chi connectivity index (χ1) is 26.0. The summed E-state index contributed by atoms with van der Waals surface area (Å²) in [6.07, 6.45) is 5.14.